The van der Waals surface area contributed by atoms with Crippen molar-refractivity contribution in [3.8, 4) is 0 Å². The third-order valence-electron chi connectivity index (χ3n) is 4.37. The summed E-state index contributed by atoms with van der Waals surface area (Å²) in [6.07, 6.45) is 3.41. The van der Waals surface area contributed by atoms with Crippen LogP contribution in [0.5, 0.6) is 0 Å². The first-order valence-corrected chi connectivity index (χ1v) is 9.00. The summed E-state index contributed by atoms with van der Waals surface area (Å²) < 4.78 is 6.90. The van der Waals surface area contributed by atoms with Crippen LogP contribution in [0.4, 0.5) is 5.69 Å². The number of aromatic nitrogens is 2. The lowest BCUT2D eigenvalue weighted by Gasteiger charge is -2.27. The van der Waals surface area contributed by atoms with Gasteiger partial charge in [0.15, 0.2) is 0 Å². The van der Waals surface area contributed by atoms with Crippen molar-refractivity contribution in [2.24, 2.45) is 7.05 Å². The van der Waals surface area contributed by atoms with Crippen LogP contribution in [0.3, 0.4) is 0 Å². The fourth-order valence-electron chi connectivity index (χ4n) is 2.96. The van der Waals surface area contributed by atoms with E-state index in [1.807, 2.05) is 0 Å². The van der Waals surface area contributed by atoms with Gasteiger partial charge in [-0.3, -0.25) is 14.3 Å². The lowest BCUT2D eigenvalue weighted by molar-refractivity contribution is -0.118. The zero-order valence-electron chi connectivity index (χ0n) is 15.6. The lowest BCUT2D eigenvalue weighted by atomic mass is 10.1. The van der Waals surface area contributed by atoms with Gasteiger partial charge in [0.05, 0.1) is 30.0 Å². The number of likely N-dealkylation sites (N-methyl/N-ethyl adjacent to an activating group) is 1. The summed E-state index contributed by atoms with van der Waals surface area (Å²) in [5, 5.41) is 10.2. The van der Waals surface area contributed by atoms with Crippen LogP contribution in [0.25, 0.3) is 0 Å². The topological polar surface area (TPSA) is 88.5 Å². The number of amides is 2. The zero-order valence-corrected chi connectivity index (χ0v) is 17.2. The molecular weight excluding hydrogens is 405 g/mol. The number of carbonyl (C=O) groups excluding carboxylic acids is 2. The predicted octanol–water partition coefficient (Wildman–Crippen LogP) is 1.87. The summed E-state index contributed by atoms with van der Waals surface area (Å²) in [5.74, 6) is -0.376. The summed E-state index contributed by atoms with van der Waals surface area (Å²) >= 11 is 6.30. The summed E-state index contributed by atoms with van der Waals surface area (Å²) in [6, 6.07) is 4.34. The monoisotopic (exact) mass is 427 g/mol. The quantitative estimate of drug-likeness (QED) is 0.759. The van der Waals surface area contributed by atoms with Gasteiger partial charge >= 0.3 is 0 Å². The minimum Gasteiger partial charge on any atom is -0.378 e. The van der Waals surface area contributed by atoms with Gasteiger partial charge in [0.25, 0.3) is 5.91 Å². The molecule has 0 aliphatic carbocycles. The minimum absolute atomic E-state index is 0. The maximum Gasteiger partial charge on any atom is 0.255 e. The number of aryl methyl sites for hydroxylation is 1. The number of morpholine rings is 1. The first-order chi connectivity index (χ1) is 13.0. The van der Waals surface area contributed by atoms with Crippen LogP contribution in [0.1, 0.15) is 22.0 Å². The van der Waals surface area contributed by atoms with Gasteiger partial charge in [-0.2, -0.15) is 5.10 Å². The number of nitrogens with one attached hydrogen (secondary N) is 2. The van der Waals surface area contributed by atoms with E-state index in [4.69, 9.17) is 16.3 Å². The molecule has 1 aliphatic heterocycles. The smallest absolute Gasteiger partial charge is 0.255 e. The van der Waals surface area contributed by atoms with E-state index in [2.05, 4.69) is 15.7 Å². The average Bonchev–Trinajstić information content (AvgIpc) is 3.08. The van der Waals surface area contributed by atoms with E-state index in [0.29, 0.717) is 42.6 Å². The highest BCUT2D eigenvalue weighted by atomic mass is 35.5. The van der Waals surface area contributed by atoms with Gasteiger partial charge in [-0.1, -0.05) is 11.6 Å². The molecule has 28 heavy (non-hydrogen) atoms. The third-order valence-corrected chi connectivity index (χ3v) is 4.69. The summed E-state index contributed by atoms with van der Waals surface area (Å²) in [4.78, 5) is 26.9. The molecule has 0 saturated carbocycles. The summed E-state index contributed by atoms with van der Waals surface area (Å²) in [6.45, 7) is 2.14. The standard InChI is InChI=1S/C18H22ClN5O3.ClH/c1-20-16(12-10-21-23(2)11-12)17(25)22-13-3-4-14(15(19)9-13)18(26)24-5-7-27-8-6-24;/h3-4,9-11,16,20H,5-8H2,1-2H3,(H,22,25);1H. The summed E-state index contributed by atoms with van der Waals surface area (Å²) in [5.41, 5.74) is 1.68. The van der Waals surface area contributed by atoms with Crippen molar-refractivity contribution < 1.29 is 14.3 Å². The second-order valence-electron chi connectivity index (χ2n) is 6.26. The molecule has 1 aromatic carbocycles. The molecule has 3 rings (SSSR count). The van der Waals surface area contributed by atoms with E-state index in [1.54, 1.807) is 54.3 Å². The van der Waals surface area contributed by atoms with Crippen LogP contribution < -0.4 is 10.6 Å². The number of nitrogens with zero attached hydrogens (tertiary/aromatic N) is 3. The Hall–Kier alpha value is -2.13. The average molecular weight is 428 g/mol. The zero-order chi connectivity index (χ0) is 19.4. The molecular formula is C18H23Cl2N5O3. The number of anilines is 1. The predicted molar refractivity (Wildman–Crippen MR) is 109 cm³/mol. The van der Waals surface area contributed by atoms with Gasteiger partial charge in [-0.25, -0.2) is 0 Å². The van der Waals surface area contributed by atoms with Crippen LogP contribution >= 0.6 is 24.0 Å². The highest BCUT2D eigenvalue weighted by Crippen LogP contribution is 2.24. The largest absolute Gasteiger partial charge is 0.378 e. The number of carbonyl (C=O) groups is 2. The van der Waals surface area contributed by atoms with Gasteiger partial charge in [-0.05, 0) is 25.2 Å². The molecule has 1 saturated heterocycles. The fraction of sp³-hybridized carbons (Fsp3) is 0.389. The summed E-state index contributed by atoms with van der Waals surface area (Å²) in [7, 11) is 3.49. The molecule has 0 bridgehead atoms. The number of hydrogen-bond acceptors (Lipinski definition) is 5. The maximum atomic E-state index is 12.6. The molecule has 2 N–H and O–H groups in total. The van der Waals surface area contributed by atoms with Crippen molar-refractivity contribution in [1.82, 2.24) is 20.0 Å². The first kappa shape index (κ1) is 22.2. The molecule has 0 spiro atoms. The van der Waals surface area contributed by atoms with E-state index in [0.717, 1.165) is 5.56 Å². The molecule has 10 heteroatoms. The van der Waals surface area contributed by atoms with Crippen molar-refractivity contribution in [2.75, 3.05) is 38.7 Å². The van der Waals surface area contributed by atoms with Crippen LogP contribution in [-0.2, 0) is 16.6 Å². The Labute approximate surface area is 174 Å². The van der Waals surface area contributed by atoms with Crippen molar-refractivity contribution >= 4 is 41.5 Å². The molecule has 2 amide bonds. The first-order valence-electron chi connectivity index (χ1n) is 8.63. The minimum atomic E-state index is -0.549. The number of ether oxygens (including phenoxy) is 1. The number of halogens is 2. The van der Waals surface area contributed by atoms with Crippen LogP contribution in [0, 0.1) is 0 Å². The molecule has 1 fully saturated rings. The van der Waals surface area contributed by atoms with Gasteiger partial charge in [-0.15, -0.1) is 12.4 Å². The Kier molecular flexibility index (Phi) is 7.82. The molecule has 1 aliphatic rings. The Morgan fingerprint density at radius 1 is 1.29 bits per heavy atom. The third kappa shape index (κ3) is 5.02. The van der Waals surface area contributed by atoms with E-state index in [1.165, 1.54) is 0 Å². The van der Waals surface area contributed by atoms with Crippen molar-refractivity contribution in [1.29, 1.82) is 0 Å². The molecule has 8 nitrogen and oxygen atoms in total. The van der Waals surface area contributed by atoms with Crippen molar-refractivity contribution in [3.05, 3.63) is 46.7 Å². The van der Waals surface area contributed by atoms with Crippen LogP contribution in [-0.4, -0.2) is 59.8 Å². The molecule has 1 aromatic heterocycles. The van der Waals surface area contributed by atoms with Gasteiger partial charge < -0.3 is 20.3 Å². The number of hydrogen-bond donors (Lipinski definition) is 2. The highest BCUT2D eigenvalue weighted by Gasteiger charge is 2.23. The Morgan fingerprint density at radius 2 is 2.00 bits per heavy atom. The number of benzene rings is 1. The molecule has 0 radical (unpaired) electrons. The molecule has 1 atom stereocenters. The molecule has 152 valence electrons. The fourth-order valence-corrected chi connectivity index (χ4v) is 3.22. The Balaban J connectivity index is 0.00000280. The van der Waals surface area contributed by atoms with Crippen molar-refractivity contribution in [2.45, 2.75) is 6.04 Å². The SMILES string of the molecule is CNC(C(=O)Nc1ccc(C(=O)N2CCOCC2)c(Cl)c1)c1cnn(C)c1.Cl. The van der Waals surface area contributed by atoms with E-state index in [-0.39, 0.29) is 24.2 Å². The van der Waals surface area contributed by atoms with Crippen molar-refractivity contribution in [3.63, 3.8) is 0 Å². The van der Waals surface area contributed by atoms with Crippen LogP contribution in [0.2, 0.25) is 5.02 Å². The van der Waals surface area contributed by atoms with Gasteiger partial charge in [0.1, 0.15) is 6.04 Å². The number of rotatable bonds is 5. The van der Waals surface area contributed by atoms with Crippen LogP contribution in [0.15, 0.2) is 30.6 Å². The van der Waals surface area contributed by atoms with E-state index < -0.39 is 6.04 Å². The van der Waals surface area contributed by atoms with Gasteiger partial charge in [0, 0.05) is 37.6 Å². The normalized spacial score (nSPS) is 14.9. The molecule has 1 unspecified atom stereocenters. The van der Waals surface area contributed by atoms with E-state index in [9.17, 15) is 9.59 Å². The molecule has 2 heterocycles. The van der Waals surface area contributed by atoms with E-state index >= 15 is 0 Å². The second kappa shape index (κ2) is 9.88. The maximum absolute atomic E-state index is 12.6. The Bertz CT molecular complexity index is 836. The lowest BCUT2D eigenvalue weighted by Crippen LogP contribution is -2.40. The highest BCUT2D eigenvalue weighted by molar-refractivity contribution is 6.34. The van der Waals surface area contributed by atoms with Gasteiger partial charge in [0.2, 0.25) is 5.91 Å². The second-order valence-corrected chi connectivity index (χ2v) is 6.66. The Morgan fingerprint density at radius 3 is 2.57 bits per heavy atom. The molecule has 2 aromatic rings.